The molecular formula is C10H22N2O4S. The molecule has 0 atom stereocenters. The summed E-state index contributed by atoms with van der Waals surface area (Å²) in [5, 5.41) is 0. The first kappa shape index (κ1) is 16.3. The molecule has 6 nitrogen and oxygen atoms in total. The summed E-state index contributed by atoms with van der Waals surface area (Å²) in [6, 6.07) is 0. The SMILES string of the molecule is CCN(CC)S(=O)(=O)N(C)CCCC(=O)OC. The van der Waals surface area contributed by atoms with Crippen molar-refractivity contribution in [3.05, 3.63) is 0 Å². The Morgan fingerprint density at radius 1 is 1.24 bits per heavy atom. The zero-order valence-electron chi connectivity index (χ0n) is 11.0. The van der Waals surface area contributed by atoms with Crippen molar-refractivity contribution in [2.45, 2.75) is 26.7 Å². The van der Waals surface area contributed by atoms with Crippen LogP contribution in [0.2, 0.25) is 0 Å². The fourth-order valence-corrected chi connectivity index (χ4v) is 2.82. The predicted molar refractivity (Wildman–Crippen MR) is 65.7 cm³/mol. The van der Waals surface area contributed by atoms with E-state index in [0.717, 1.165) is 0 Å². The fourth-order valence-electron chi connectivity index (χ4n) is 1.41. The molecule has 0 saturated heterocycles. The van der Waals surface area contributed by atoms with E-state index in [0.29, 0.717) is 26.1 Å². The summed E-state index contributed by atoms with van der Waals surface area (Å²) in [7, 11) is -0.554. The van der Waals surface area contributed by atoms with Gasteiger partial charge in [-0.05, 0) is 6.42 Å². The molecule has 0 radical (unpaired) electrons. The molecule has 0 amide bonds. The van der Waals surface area contributed by atoms with Crippen LogP contribution in [0.25, 0.3) is 0 Å². The van der Waals surface area contributed by atoms with Gasteiger partial charge in [-0.15, -0.1) is 0 Å². The molecule has 17 heavy (non-hydrogen) atoms. The van der Waals surface area contributed by atoms with Gasteiger partial charge < -0.3 is 4.74 Å². The molecule has 0 spiro atoms. The third kappa shape index (κ3) is 5.01. The van der Waals surface area contributed by atoms with Crippen molar-refractivity contribution in [2.75, 3.05) is 33.8 Å². The summed E-state index contributed by atoms with van der Waals surface area (Å²) in [5.41, 5.74) is 0. The van der Waals surface area contributed by atoms with E-state index in [4.69, 9.17) is 0 Å². The lowest BCUT2D eigenvalue weighted by atomic mass is 10.3. The molecule has 0 saturated carbocycles. The number of esters is 1. The van der Waals surface area contributed by atoms with Crippen molar-refractivity contribution < 1.29 is 17.9 Å². The highest BCUT2D eigenvalue weighted by Crippen LogP contribution is 2.07. The van der Waals surface area contributed by atoms with Gasteiger partial charge in [0.25, 0.3) is 10.2 Å². The first-order valence-electron chi connectivity index (χ1n) is 5.68. The zero-order chi connectivity index (χ0) is 13.5. The van der Waals surface area contributed by atoms with Crippen LogP contribution in [-0.2, 0) is 19.7 Å². The predicted octanol–water partition coefficient (Wildman–Crippen LogP) is 0.458. The lowest BCUT2D eigenvalue weighted by Gasteiger charge is -2.25. The maximum absolute atomic E-state index is 12.0. The first-order chi connectivity index (χ1) is 7.89. The van der Waals surface area contributed by atoms with Gasteiger partial charge >= 0.3 is 5.97 Å². The molecule has 0 rings (SSSR count). The topological polar surface area (TPSA) is 66.9 Å². The molecular weight excluding hydrogens is 244 g/mol. The average molecular weight is 266 g/mol. The van der Waals surface area contributed by atoms with Crippen LogP contribution in [0, 0.1) is 0 Å². The fraction of sp³-hybridized carbons (Fsp3) is 0.900. The molecule has 7 heteroatoms. The van der Waals surface area contributed by atoms with Crippen LogP contribution in [-0.4, -0.2) is 56.8 Å². The molecule has 0 aromatic rings. The maximum atomic E-state index is 12.0. The van der Waals surface area contributed by atoms with Gasteiger partial charge in [-0.25, -0.2) is 0 Å². The van der Waals surface area contributed by atoms with Gasteiger partial charge in [-0.3, -0.25) is 4.79 Å². The lowest BCUT2D eigenvalue weighted by Crippen LogP contribution is -2.42. The Labute approximate surface area is 104 Å². The number of methoxy groups -OCH3 is 1. The van der Waals surface area contributed by atoms with E-state index in [1.807, 2.05) is 0 Å². The monoisotopic (exact) mass is 266 g/mol. The number of carbonyl (C=O) groups excluding carboxylic acids is 1. The van der Waals surface area contributed by atoms with E-state index < -0.39 is 10.2 Å². The summed E-state index contributed by atoms with van der Waals surface area (Å²) in [5.74, 6) is -0.321. The molecule has 0 heterocycles. The summed E-state index contributed by atoms with van der Waals surface area (Å²) in [6.07, 6.45) is 0.693. The molecule has 0 aliphatic rings. The van der Waals surface area contributed by atoms with E-state index >= 15 is 0 Å². The smallest absolute Gasteiger partial charge is 0.305 e. The van der Waals surface area contributed by atoms with Crippen LogP contribution < -0.4 is 0 Å². The second-order valence-corrected chi connectivity index (χ2v) is 5.63. The van der Waals surface area contributed by atoms with Crippen molar-refractivity contribution in [3.8, 4) is 0 Å². The maximum Gasteiger partial charge on any atom is 0.305 e. The molecule has 102 valence electrons. The van der Waals surface area contributed by atoms with Crippen molar-refractivity contribution in [1.82, 2.24) is 8.61 Å². The number of nitrogens with zero attached hydrogens (tertiary/aromatic N) is 2. The molecule has 0 fully saturated rings. The normalized spacial score (nSPS) is 12.1. The number of hydrogen-bond donors (Lipinski definition) is 0. The van der Waals surface area contributed by atoms with Crippen LogP contribution in [0.3, 0.4) is 0 Å². The molecule has 0 aliphatic heterocycles. The Morgan fingerprint density at radius 2 is 1.76 bits per heavy atom. The van der Waals surface area contributed by atoms with Crippen molar-refractivity contribution in [2.24, 2.45) is 0 Å². The van der Waals surface area contributed by atoms with Gasteiger partial charge in [-0.2, -0.15) is 17.0 Å². The third-order valence-electron chi connectivity index (χ3n) is 2.51. The highest BCUT2D eigenvalue weighted by Gasteiger charge is 2.23. The van der Waals surface area contributed by atoms with E-state index in [1.54, 1.807) is 13.8 Å². The van der Waals surface area contributed by atoms with E-state index in [1.165, 1.54) is 22.8 Å². The van der Waals surface area contributed by atoms with Crippen molar-refractivity contribution in [3.63, 3.8) is 0 Å². The van der Waals surface area contributed by atoms with Gasteiger partial charge in [0.15, 0.2) is 0 Å². The minimum absolute atomic E-state index is 0.231. The van der Waals surface area contributed by atoms with E-state index in [9.17, 15) is 13.2 Å². The largest absolute Gasteiger partial charge is 0.469 e. The molecule has 0 aliphatic carbocycles. The summed E-state index contributed by atoms with van der Waals surface area (Å²) < 4.78 is 31.1. The third-order valence-corrected chi connectivity index (χ3v) is 4.65. The quantitative estimate of drug-likeness (QED) is 0.599. The Hall–Kier alpha value is -0.660. The van der Waals surface area contributed by atoms with Gasteiger partial charge in [0.05, 0.1) is 7.11 Å². The Morgan fingerprint density at radius 3 is 2.18 bits per heavy atom. The number of ether oxygens (including phenoxy) is 1. The summed E-state index contributed by atoms with van der Waals surface area (Å²) >= 11 is 0. The molecule has 0 aromatic heterocycles. The van der Waals surface area contributed by atoms with Crippen LogP contribution in [0.1, 0.15) is 26.7 Å². The first-order valence-corrected chi connectivity index (χ1v) is 7.08. The average Bonchev–Trinajstić information content (AvgIpc) is 2.29. The second-order valence-electron chi connectivity index (χ2n) is 3.59. The van der Waals surface area contributed by atoms with E-state index in [-0.39, 0.29) is 12.4 Å². The zero-order valence-corrected chi connectivity index (χ0v) is 11.8. The summed E-state index contributed by atoms with van der Waals surface area (Å²) in [6.45, 7) is 4.79. The van der Waals surface area contributed by atoms with Gasteiger partial charge in [0, 0.05) is 33.1 Å². The van der Waals surface area contributed by atoms with Crippen LogP contribution >= 0.6 is 0 Å². The van der Waals surface area contributed by atoms with Crippen molar-refractivity contribution in [1.29, 1.82) is 0 Å². The van der Waals surface area contributed by atoms with Crippen LogP contribution in [0.5, 0.6) is 0 Å². The van der Waals surface area contributed by atoms with Crippen LogP contribution in [0.15, 0.2) is 0 Å². The number of carbonyl (C=O) groups is 1. The lowest BCUT2D eigenvalue weighted by molar-refractivity contribution is -0.140. The standard InChI is InChI=1S/C10H22N2O4S/c1-5-12(6-2)17(14,15)11(3)9-7-8-10(13)16-4/h5-9H2,1-4H3. The van der Waals surface area contributed by atoms with Gasteiger partial charge in [0.2, 0.25) is 0 Å². The number of hydrogen-bond acceptors (Lipinski definition) is 4. The highest BCUT2D eigenvalue weighted by atomic mass is 32.2. The Bertz CT molecular complexity index is 325. The second kappa shape index (κ2) is 7.62. The van der Waals surface area contributed by atoms with Crippen molar-refractivity contribution >= 4 is 16.2 Å². The van der Waals surface area contributed by atoms with E-state index in [2.05, 4.69) is 4.74 Å². The minimum atomic E-state index is -3.39. The molecule has 0 unspecified atom stereocenters. The molecule has 0 aromatic carbocycles. The van der Waals surface area contributed by atoms with Gasteiger partial charge in [-0.1, -0.05) is 13.8 Å². The minimum Gasteiger partial charge on any atom is -0.469 e. The Balaban J connectivity index is 4.30. The van der Waals surface area contributed by atoms with Gasteiger partial charge in [0.1, 0.15) is 0 Å². The molecule has 0 N–H and O–H groups in total. The number of rotatable bonds is 8. The van der Waals surface area contributed by atoms with Crippen LogP contribution in [0.4, 0.5) is 0 Å². The highest BCUT2D eigenvalue weighted by molar-refractivity contribution is 7.86. The molecule has 0 bridgehead atoms. The summed E-state index contributed by atoms with van der Waals surface area (Å²) in [4.78, 5) is 10.9. The Kier molecular flexibility index (Phi) is 7.33.